The number of benzene rings is 1. The van der Waals surface area contributed by atoms with Crippen molar-refractivity contribution in [2.24, 2.45) is 0 Å². The molecule has 1 unspecified atom stereocenters. The summed E-state index contributed by atoms with van der Waals surface area (Å²) in [5, 5.41) is 2.80. The van der Waals surface area contributed by atoms with Crippen molar-refractivity contribution in [3.05, 3.63) is 29.3 Å². The highest BCUT2D eigenvalue weighted by Gasteiger charge is 2.45. The number of hydrogen-bond acceptors (Lipinski definition) is 3. The van der Waals surface area contributed by atoms with E-state index < -0.39 is 23.2 Å². The van der Waals surface area contributed by atoms with Crippen molar-refractivity contribution in [3.8, 4) is 0 Å². The number of nitrogens with one attached hydrogen (secondary N) is 1. The largest absolute Gasteiger partial charge is 0.467 e. The van der Waals surface area contributed by atoms with Gasteiger partial charge in [0.25, 0.3) is 0 Å². The molecule has 2 rings (SSSR count). The van der Waals surface area contributed by atoms with E-state index in [4.69, 9.17) is 0 Å². The van der Waals surface area contributed by atoms with E-state index in [1.54, 1.807) is 0 Å². The van der Waals surface area contributed by atoms with Crippen LogP contribution in [0.15, 0.2) is 18.2 Å². The van der Waals surface area contributed by atoms with Crippen LogP contribution < -0.4 is 5.32 Å². The molecular weight excluding hydrogens is 247 g/mol. The molecule has 0 radical (unpaired) electrons. The second-order valence-corrected chi connectivity index (χ2v) is 4.45. The number of fused-ring (bicyclic) bond motifs is 1. The van der Waals surface area contributed by atoms with Gasteiger partial charge in [0.1, 0.15) is 5.54 Å². The van der Waals surface area contributed by atoms with E-state index in [9.17, 15) is 18.0 Å². The normalized spacial score (nSPS) is 22.3. The van der Waals surface area contributed by atoms with Crippen molar-refractivity contribution in [3.63, 3.8) is 0 Å². The molecule has 6 heteroatoms. The fourth-order valence-electron chi connectivity index (χ4n) is 2.20. The Morgan fingerprint density at radius 2 is 2.11 bits per heavy atom. The zero-order valence-corrected chi connectivity index (χ0v) is 9.89. The predicted molar refractivity (Wildman–Crippen MR) is 59.2 cm³/mol. The first-order valence-electron chi connectivity index (χ1n) is 5.33. The zero-order valence-electron chi connectivity index (χ0n) is 9.89. The van der Waals surface area contributed by atoms with E-state index in [1.165, 1.54) is 26.2 Å². The molecule has 0 spiro atoms. The second kappa shape index (κ2) is 3.90. The lowest BCUT2D eigenvalue weighted by Crippen LogP contribution is -2.42. The first kappa shape index (κ1) is 12.7. The lowest BCUT2D eigenvalue weighted by Gasteiger charge is -2.21. The number of methoxy groups -OCH3 is 1. The topological polar surface area (TPSA) is 38.3 Å². The van der Waals surface area contributed by atoms with Crippen LogP contribution in [0.4, 0.5) is 18.9 Å². The molecule has 1 aliphatic heterocycles. The van der Waals surface area contributed by atoms with E-state index in [1.807, 2.05) is 0 Å². The fourth-order valence-corrected chi connectivity index (χ4v) is 2.20. The molecule has 1 aromatic rings. The molecule has 0 saturated heterocycles. The van der Waals surface area contributed by atoms with Crippen LogP contribution in [-0.4, -0.2) is 18.6 Å². The number of ether oxygens (including phenoxy) is 1. The molecule has 0 saturated carbocycles. The number of carbonyl (C=O) groups is 1. The van der Waals surface area contributed by atoms with Crippen LogP contribution >= 0.6 is 0 Å². The summed E-state index contributed by atoms with van der Waals surface area (Å²) >= 11 is 0. The zero-order chi connectivity index (χ0) is 13.6. The van der Waals surface area contributed by atoms with Crippen molar-refractivity contribution in [2.45, 2.75) is 25.1 Å². The van der Waals surface area contributed by atoms with Crippen molar-refractivity contribution < 1.29 is 22.7 Å². The third kappa shape index (κ3) is 1.91. The van der Waals surface area contributed by atoms with E-state index in [2.05, 4.69) is 10.1 Å². The maximum absolute atomic E-state index is 12.8. The van der Waals surface area contributed by atoms with Gasteiger partial charge < -0.3 is 10.1 Å². The van der Waals surface area contributed by atoms with Gasteiger partial charge in [0.15, 0.2) is 0 Å². The van der Waals surface area contributed by atoms with Crippen LogP contribution in [-0.2, 0) is 22.1 Å². The van der Waals surface area contributed by atoms with E-state index >= 15 is 0 Å². The Hall–Kier alpha value is -1.72. The third-order valence-corrected chi connectivity index (χ3v) is 3.06. The molecule has 0 aromatic heterocycles. The molecule has 1 aliphatic rings. The van der Waals surface area contributed by atoms with Crippen molar-refractivity contribution in [2.75, 3.05) is 12.4 Å². The quantitative estimate of drug-likeness (QED) is 0.788. The Morgan fingerprint density at radius 3 is 2.67 bits per heavy atom. The Morgan fingerprint density at radius 1 is 1.44 bits per heavy atom. The predicted octanol–water partition coefficient (Wildman–Crippen LogP) is 2.61. The molecular formula is C12H12F3NO2. The van der Waals surface area contributed by atoms with Crippen molar-refractivity contribution in [1.82, 2.24) is 0 Å². The minimum Gasteiger partial charge on any atom is -0.467 e. The lowest BCUT2D eigenvalue weighted by atomic mass is 9.95. The number of anilines is 1. The highest BCUT2D eigenvalue weighted by molar-refractivity contribution is 5.87. The molecule has 1 heterocycles. The molecule has 0 fully saturated rings. The molecule has 18 heavy (non-hydrogen) atoms. The minimum absolute atomic E-state index is 0.0370. The first-order chi connectivity index (χ1) is 8.28. The van der Waals surface area contributed by atoms with E-state index in [0.717, 1.165) is 6.07 Å². The molecule has 1 aromatic carbocycles. The van der Waals surface area contributed by atoms with E-state index in [-0.39, 0.29) is 12.0 Å². The summed E-state index contributed by atoms with van der Waals surface area (Å²) in [5.74, 6) is -0.577. The fraction of sp³-hybridized carbons (Fsp3) is 0.417. The van der Waals surface area contributed by atoms with Gasteiger partial charge in [-0.2, -0.15) is 13.2 Å². The van der Waals surface area contributed by atoms with Gasteiger partial charge in [0, 0.05) is 12.1 Å². The van der Waals surface area contributed by atoms with Gasteiger partial charge in [0.05, 0.1) is 12.7 Å². The van der Waals surface area contributed by atoms with Gasteiger partial charge in [0.2, 0.25) is 0 Å². The monoisotopic (exact) mass is 259 g/mol. The highest BCUT2D eigenvalue weighted by Crippen LogP contribution is 2.41. The van der Waals surface area contributed by atoms with Gasteiger partial charge >= 0.3 is 12.1 Å². The van der Waals surface area contributed by atoms with Crippen LogP contribution in [0.5, 0.6) is 0 Å². The lowest BCUT2D eigenvalue weighted by molar-refractivity contribution is -0.145. The van der Waals surface area contributed by atoms with E-state index in [0.29, 0.717) is 5.69 Å². The Labute approximate surface area is 102 Å². The summed E-state index contributed by atoms with van der Waals surface area (Å²) in [4.78, 5) is 11.6. The SMILES string of the molecule is COC(=O)C1(C)Cc2c(cccc2C(F)(F)F)N1. The number of carbonyl (C=O) groups excluding carboxylic acids is 1. The van der Waals surface area contributed by atoms with Gasteiger partial charge in [-0.15, -0.1) is 0 Å². The Balaban J connectivity index is 2.45. The number of alkyl halides is 3. The van der Waals surface area contributed by atoms with Crippen molar-refractivity contribution >= 4 is 11.7 Å². The van der Waals surface area contributed by atoms with Crippen LogP contribution in [0.3, 0.4) is 0 Å². The molecule has 1 N–H and O–H groups in total. The van der Waals surface area contributed by atoms with Crippen LogP contribution in [0.25, 0.3) is 0 Å². The van der Waals surface area contributed by atoms with Crippen LogP contribution in [0, 0.1) is 0 Å². The average molecular weight is 259 g/mol. The Bertz CT molecular complexity index is 499. The van der Waals surface area contributed by atoms with Crippen LogP contribution in [0.1, 0.15) is 18.1 Å². The summed E-state index contributed by atoms with van der Waals surface area (Å²) < 4.78 is 43.1. The van der Waals surface area contributed by atoms with Crippen LogP contribution in [0.2, 0.25) is 0 Å². The maximum Gasteiger partial charge on any atom is 0.416 e. The third-order valence-electron chi connectivity index (χ3n) is 3.06. The number of esters is 1. The summed E-state index contributed by atoms with van der Waals surface area (Å²) in [6.07, 6.45) is -4.46. The first-order valence-corrected chi connectivity index (χ1v) is 5.33. The summed E-state index contributed by atoms with van der Waals surface area (Å²) in [7, 11) is 1.21. The molecule has 98 valence electrons. The van der Waals surface area contributed by atoms with Gasteiger partial charge in [-0.25, -0.2) is 4.79 Å². The van der Waals surface area contributed by atoms with Crippen molar-refractivity contribution in [1.29, 1.82) is 0 Å². The molecule has 0 aliphatic carbocycles. The molecule has 0 bridgehead atoms. The summed E-state index contributed by atoms with van der Waals surface area (Å²) in [5.41, 5.74) is -1.41. The highest BCUT2D eigenvalue weighted by atomic mass is 19.4. The molecule has 0 amide bonds. The number of halogens is 3. The van der Waals surface area contributed by atoms with Gasteiger partial charge in [-0.1, -0.05) is 6.07 Å². The standard InChI is InChI=1S/C12H12F3NO2/c1-11(10(17)18-2)6-7-8(12(13,14)15)4-3-5-9(7)16-11/h3-5,16H,6H2,1-2H3. The Kier molecular flexibility index (Phi) is 2.76. The number of rotatable bonds is 1. The molecule has 1 atom stereocenters. The van der Waals surface area contributed by atoms with Gasteiger partial charge in [-0.3, -0.25) is 0 Å². The average Bonchev–Trinajstić information content (AvgIpc) is 2.63. The molecule has 3 nitrogen and oxygen atoms in total. The summed E-state index contributed by atoms with van der Waals surface area (Å²) in [6.45, 7) is 1.53. The van der Waals surface area contributed by atoms with Gasteiger partial charge in [-0.05, 0) is 24.6 Å². The maximum atomic E-state index is 12.8. The summed E-state index contributed by atoms with van der Waals surface area (Å²) in [6, 6.07) is 3.86. The smallest absolute Gasteiger partial charge is 0.416 e. The second-order valence-electron chi connectivity index (χ2n) is 4.45. The minimum atomic E-state index is -4.42. The number of hydrogen-bond donors (Lipinski definition) is 1.